The predicted molar refractivity (Wildman–Crippen MR) is 66.6 cm³/mol. The third kappa shape index (κ3) is 3.54. The van der Waals surface area contributed by atoms with Crippen molar-refractivity contribution in [1.82, 2.24) is 5.32 Å². The van der Waals surface area contributed by atoms with Gasteiger partial charge in [0.25, 0.3) is 0 Å². The smallest absolute Gasteiger partial charge is 0.133 e. The Bertz CT molecular complexity index is 283. The molecule has 2 heterocycles. The molecule has 90 valence electrons. The van der Waals surface area contributed by atoms with Gasteiger partial charge in [-0.1, -0.05) is 0 Å². The molecule has 2 N–H and O–H groups in total. The van der Waals surface area contributed by atoms with Crippen molar-refractivity contribution in [2.75, 3.05) is 24.6 Å². The van der Waals surface area contributed by atoms with E-state index in [9.17, 15) is 5.11 Å². The van der Waals surface area contributed by atoms with Gasteiger partial charge in [-0.25, -0.2) is 0 Å². The van der Waals surface area contributed by atoms with Crippen molar-refractivity contribution >= 4 is 11.8 Å². The van der Waals surface area contributed by atoms with Gasteiger partial charge >= 0.3 is 0 Å². The van der Waals surface area contributed by atoms with Crippen LogP contribution in [0.15, 0.2) is 22.8 Å². The standard InChI is InChI=1S/C12H19NO2S/c14-11(12-2-1-5-15-12)9-13-8-10-3-6-16-7-4-10/h1-2,5,10-11,13-14H,3-4,6-9H2. The summed E-state index contributed by atoms with van der Waals surface area (Å²) in [5.74, 6) is 4.00. The number of rotatable bonds is 5. The second-order valence-electron chi connectivity index (χ2n) is 4.25. The normalized spacial score (nSPS) is 19.8. The molecular weight excluding hydrogens is 222 g/mol. The van der Waals surface area contributed by atoms with E-state index in [1.165, 1.54) is 24.3 Å². The molecule has 0 bridgehead atoms. The van der Waals surface area contributed by atoms with Crippen LogP contribution in [0.2, 0.25) is 0 Å². The maximum atomic E-state index is 9.78. The van der Waals surface area contributed by atoms with Gasteiger partial charge in [0.2, 0.25) is 0 Å². The van der Waals surface area contributed by atoms with Gasteiger partial charge in [-0.2, -0.15) is 11.8 Å². The number of furan rings is 1. The molecule has 1 aromatic rings. The largest absolute Gasteiger partial charge is 0.467 e. The molecule has 0 aromatic carbocycles. The zero-order valence-corrected chi connectivity index (χ0v) is 10.2. The quantitative estimate of drug-likeness (QED) is 0.828. The highest BCUT2D eigenvalue weighted by Crippen LogP contribution is 2.22. The summed E-state index contributed by atoms with van der Waals surface area (Å²) in [7, 11) is 0. The lowest BCUT2D eigenvalue weighted by Gasteiger charge is -2.22. The molecule has 1 unspecified atom stereocenters. The number of thioether (sulfide) groups is 1. The molecule has 1 aromatic heterocycles. The zero-order chi connectivity index (χ0) is 11.2. The molecule has 2 rings (SSSR count). The van der Waals surface area contributed by atoms with Gasteiger partial charge in [0.1, 0.15) is 11.9 Å². The summed E-state index contributed by atoms with van der Waals surface area (Å²) in [6.45, 7) is 1.59. The van der Waals surface area contributed by atoms with Crippen molar-refractivity contribution < 1.29 is 9.52 Å². The highest BCUT2D eigenvalue weighted by atomic mass is 32.2. The molecule has 16 heavy (non-hydrogen) atoms. The molecule has 0 amide bonds. The lowest BCUT2D eigenvalue weighted by molar-refractivity contribution is 0.145. The maximum Gasteiger partial charge on any atom is 0.133 e. The first-order valence-electron chi connectivity index (χ1n) is 5.86. The van der Waals surface area contributed by atoms with Gasteiger partial charge in [-0.3, -0.25) is 0 Å². The van der Waals surface area contributed by atoms with Crippen LogP contribution in [0.3, 0.4) is 0 Å². The van der Waals surface area contributed by atoms with Crippen molar-refractivity contribution in [3.8, 4) is 0 Å². The first-order valence-corrected chi connectivity index (χ1v) is 7.01. The van der Waals surface area contributed by atoms with E-state index < -0.39 is 6.10 Å². The fourth-order valence-electron chi connectivity index (χ4n) is 1.96. The van der Waals surface area contributed by atoms with Crippen molar-refractivity contribution in [3.63, 3.8) is 0 Å². The average molecular weight is 241 g/mol. The minimum Gasteiger partial charge on any atom is -0.467 e. The maximum absolute atomic E-state index is 9.78. The zero-order valence-electron chi connectivity index (χ0n) is 9.39. The van der Waals surface area contributed by atoms with Gasteiger partial charge in [0, 0.05) is 6.54 Å². The summed E-state index contributed by atoms with van der Waals surface area (Å²) in [5, 5.41) is 13.1. The topological polar surface area (TPSA) is 45.4 Å². The SMILES string of the molecule is OC(CNCC1CCSCC1)c1ccco1. The third-order valence-corrected chi connectivity index (χ3v) is 4.03. The molecule has 1 aliphatic rings. The molecule has 1 saturated heterocycles. The predicted octanol–water partition coefficient (Wildman–Crippen LogP) is 2.05. The molecule has 3 nitrogen and oxygen atoms in total. The summed E-state index contributed by atoms with van der Waals surface area (Å²) in [6.07, 6.45) is 3.67. The highest BCUT2D eigenvalue weighted by molar-refractivity contribution is 7.99. The Morgan fingerprint density at radius 1 is 1.50 bits per heavy atom. The Hall–Kier alpha value is -0.450. The molecular formula is C12H19NO2S. The summed E-state index contributed by atoms with van der Waals surface area (Å²) >= 11 is 2.04. The van der Waals surface area contributed by atoms with Crippen LogP contribution in [0.25, 0.3) is 0 Å². The fraction of sp³-hybridized carbons (Fsp3) is 0.667. The fourth-order valence-corrected chi connectivity index (χ4v) is 3.16. The Balaban J connectivity index is 1.63. The van der Waals surface area contributed by atoms with Crippen LogP contribution in [0.5, 0.6) is 0 Å². The molecule has 1 atom stereocenters. The second-order valence-corrected chi connectivity index (χ2v) is 5.47. The Kier molecular flexibility index (Phi) is 4.75. The van der Waals surface area contributed by atoms with E-state index in [0.717, 1.165) is 12.5 Å². The summed E-state index contributed by atoms with van der Waals surface area (Å²) in [5.41, 5.74) is 0. The molecule has 0 saturated carbocycles. The minimum atomic E-state index is -0.520. The minimum absolute atomic E-state index is 0.520. The Morgan fingerprint density at radius 3 is 3.00 bits per heavy atom. The van der Waals surface area contributed by atoms with Crippen molar-refractivity contribution in [2.45, 2.75) is 18.9 Å². The Labute approximate surface area is 101 Å². The van der Waals surface area contributed by atoms with Gasteiger partial charge in [0.05, 0.1) is 6.26 Å². The molecule has 4 heteroatoms. The Morgan fingerprint density at radius 2 is 2.31 bits per heavy atom. The summed E-state index contributed by atoms with van der Waals surface area (Å²) in [6, 6.07) is 3.61. The van der Waals surface area contributed by atoms with Gasteiger partial charge in [-0.05, 0) is 48.9 Å². The third-order valence-electron chi connectivity index (χ3n) is 2.98. The van der Waals surface area contributed by atoms with E-state index >= 15 is 0 Å². The van der Waals surface area contributed by atoms with E-state index in [4.69, 9.17) is 4.42 Å². The van der Waals surface area contributed by atoms with Crippen LogP contribution in [0.4, 0.5) is 0 Å². The van der Waals surface area contributed by atoms with Gasteiger partial charge < -0.3 is 14.8 Å². The number of hydrogen-bond donors (Lipinski definition) is 2. The van der Waals surface area contributed by atoms with E-state index in [1.807, 2.05) is 17.8 Å². The number of hydrogen-bond acceptors (Lipinski definition) is 4. The van der Waals surface area contributed by atoms with Crippen molar-refractivity contribution in [2.24, 2.45) is 5.92 Å². The lowest BCUT2D eigenvalue weighted by Crippen LogP contribution is -2.29. The number of aliphatic hydroxyl groups is 1. The van der Waals surface area contributed by atoms with E-state index in [1.54, 1.807) is 12.3 Å². The first kappa shape index (κ1) is 12.0. The average Bonchev–Trinajstić information content (AvgIpc) is 2.84. The summed E-state index contributed by atoms with van der Waals surface area (Å²) < 4.78 is 5.14. The number of nitrogens with one attached hydrogen (secondary N) is 1. The van der Waals surface area contributed by atoms with Crippen LogP contribution in [0, 0.1) is 5.92 Å². The number of aliphatic hydroxyl groups excluding tert-OH is 1. The lowest BCUT2D eigenvalue weighted by atomic mass is 10.0. The molecule has 0 aliphatic carbocycles. The highest BCUT2D eigenvalue weighted by Gasteiger charge is 2.14. The van der Waals surface area contributed by atoms with Crippen molar-refractivity contribution in [1.29, 1.82) is 0 Å². The molecule has 1 fully saturated rings. The van der Waals surface area contributed by atoms with Crippen LogP contribution in [0.1, 0.15) is 24.7 Å². The molecule has 0 spiro atoms. The van der Waals surface area contributed by atoms with E-state index in [2.05, 4.69) is 5.32 Å². The van der Waals surface area contributed by atoms with Crippen LogP contribution < -0.4 is 5.32 Å². The van der Waals surface area contributed by atoms with E-state index in [-0.39, 0.29) is 0 Å². The van der Waals surface area contributed by atoms with Crippen LogP contribution in [-0.4, -0.2) is 29.7 Å². The first-order chi connectivity index (χ1) is 7.86. The molecule has 1 aliphatic heterocycles. The monoisotopic (exact) mass is 241 g/mol. The van der Waals surface area contributed by atoms with Gasteiger partial charge in [0.15, 0.2) is 0 Å². The van der Waals surface area contributed by atoms with Crippen molar-refractivity contribution in [3.05, 3.63) is 24.2 Å². The summed E-state index contributed by atoms with van der Waals surface area (Å²) in [4.78, 5) is 0. The van der Waals surface area contributed by atoms with Gasteiger partial charge in [-0.15, -0.1) is 0 Å². The molecule has 0 radical (unpaired) electrons. The van der Waals surface area contributed by atoms with E-state index in [0.29, 0.717) is 12.3 Å². The van der Waals surface area contributed by atoms with Crippen LogP contribution in [-0.2, 0) is 0 Å². The van der Waals surface area contributed by atoms with Crippen LogP contribution >= 0.6 is 11.8 Å². The second kappa shape index (κ2) is 6.33.